The van der Waals surface area contributed by atoms with E-state index in [1.807, 2.05) is 0 Å². The molecule has 0 aliphatic carbocycles. The van der Waals surface area contributed by atoms with Crippen molar-refractivity contribution in [3.63, 3.8) is 0 Å². The standard InChI is InChI=1S/C31H27BN/c1-31(29-20-12-5-13-21-29,33-23-22-28(24-32-33)25-14-6-2-7-15-25)30(26-16-8-3-9-17-26)27-18-10-4-11-19-27/h2-24,30H,1H3/q+1. The van der Waals surface area contributed by atoms with Crippen LogP contribution in [0.2, 0.25) is 0 Å². The Bertz CT molecular complexity index is 1250. The van der Waals surface area contributed by atoms with E-state index >= 15 is 0 Å². The molecule has 0 N–H and O–H groups in total. The number of nitrogens with zero attached hydrogens (tertiary/aromatic N) is 1. The van der Waals surface area contributed by atoms with E-state index in [4.69, 9.17) is 0 Å². The number of rotatable bonds is 6. The van der Waals surface area contributed by atoms with Crippen LogP contribution in [0.1, 0.15) is 29.5 Å². The maximum absolute atomic E-state index is 2.37. The van der Waals surface area contributed by atoms with Gasteiger partial charge in [-0.1, -0.05) is 0 Å². The Hall–Kier alpha value is -3.78. The number of aromatic nitrogens is 1. The summed E-state index contributed by atoms with van der Waals surface area (Å²) < 4.78 is 2.37. The zero-order chi connectivity index (χ0) is 22.5. The first-order valence-electron chi connectivity index (χ1n) is 11.5. The van der Waals surface area contributed by atoms with Crippen LogP contribution in [0, 0.1) is 0 Å². The van der Waals surface area contributed by atoms with Crippen molar-refractivity contribution < 1.29 is 4.47 Å². The molecule has 0 saturated heterocycles. The summed E-state index contributed by atoms with van der Waals surface area (Å²) in [6.07, 6.45) is 2.23. The molecule has 1 aromatic heterocycles. The summed E-state index contributed by atoms with van der Waals surface area (Å²) in [6, 6.07) is 45.4. The fourth-order valence-corrected chi connectivity index (χ4v) is 4.93. The SMILES string of the molecule is CC(c1ccccc1)(C(c1ccccc1)c1ccccc1)[n+]1bcc(-c2ccccc2)cc1. The quantitative estimate of drug-likeness (QED) is 0.290. The molecular formula is C31H27BN+. The molecule has 2 heteroatoms. The van der Waals surface area contributed by atoms with Gasteiger partial charge in [-0.2, -0.15) is 0 Å². The van der Waals surface area contributed by atoms with Crippen molar-refractivity contribution >= 4 is 7.05 Å². The van der Waals surface area contributed by atoms with Crippen LogP contribution in [-0.2, 0) is 5.54 Å². The van der Waals surface area contributed by atoms with Crippen LogP contribution in [0.15, 0.2) is 140 Å². The van der Waals surface area contributed by atoms with Crippen LogP contribution in [0.5, 0.6) is 0 Å². The third-order valence-corrected chi connectivity index (χ3v) is 6.66. The fraction of sp³-hybridized carbons (Fsp3) is 0.0968. The van der Waals surface area contributed by atoms with Crippen molar-refractivity contribution in [1.82, 2.24) is 0 Å². The first-order valence-corrected chi connectivity index (χ1v) is 11.5. The van der Waals surface area contributed by atoms with Crippen molar-refractivity contribution in [2.24, 2.45) is 0 Å². The molecule has 1 atom stereocenters. The number of hydrogen-bond acceptors (Lipinski definition) is 0. The molecule has 0 aliphatic rings. The normalized spacial score (nSPS) is 12.8. The minimum atomic E-state index is -0.334. The molecule has 0 saturated carbocycles. The van der Waals surface area contributed by atoms with Gasteiger partial charge in [-0.15, -0.1) is 0 Å². The van der Waals surface area contributed by atoms with Gasteiger partial charge < -0.3 is 0 Å². The van der Waals surface area contributed by atoms with Crippen LogP contribution in [0.25, 0.3) is 11.1 Å². The average Bonchev–Trinajstić information content (AvgIpc) is 2.91. The molecule has 1 unspecified atom stereocenters. The van der Waals surface area contributed by atoms with Crippen molar-refractivity contribution in [2.75, 3.05) is 0 Å². The van der Waals surface area contributed by atoms with Gasteiger partial charge in [-0.25, -0.2) is 0 Å². The summed E-state index contributed by atoms with van der Waals surface area (Å²) in [4.78, 5) is 0. The van der Waals surface area contributed by atoms with E-state index < -0.39 is 0 Å². The van der Waals surface area contributed by atoms with Crippen molar-refractivity contribution in [2.45, 2.75) is 18.4 Å². The summed E-state index contributed by atoms with van der Waals surface area (Å²) in [5.41, 5.74) is 6.00. The Morgan fingerprint density at radius 2 is 1.06 bits per heavy atom. The molecule has 1 nitrogen and oxygen atoms in total. The third kappa shape index (κ3) is 4.17. The van der Waals surface area contributed by atoms with E-state index in [1.165, 1.54) is 27.8 Å². The van der Waals surface area contributed by atoms with Gasteiger partial charge in [0.15, 0.2) is 0 Å². The van der Waals surface area contributed by atoms with Gasteiger partial charge in [-0.3, -0.25) is 0 Å². The average molecular weight is 424 g/mol. The van der Waals surface area contributed by atoms with E-state index in [-0.39, 0.29) is 11.5 Å². The topological polar surface area (TPSA) is 3.88 Å². The van der Waals surface area contributed by atoms with Gasteiger partial charge in [-0.05, 0) is 0 Å². The summed E-state index contributed by atoms with van der Waals surface area (Å²) in [5, 5.41) is 0. The second kappa shape index (κ2) is 9.38. The molecule has 0 bridgehead atoms. The molecule has 33 heavy (non-hydrogen) atoms. The van der Waals surface area contributed by atoms with Crippen LogP contribution >= 0.6 is 0 Å². The zero-order valence-electron chi connectivity index (χ0n) is 18.9. The molecule has 5 aromatic rings. The molecule has 1 heterocycles. The first kappa shape index (κ1) is 21.1. The molecule has 0 spiro atoms. The second-order valence-corrected chi connectivity index (χ2v) is 8.63. The van der Waals surface area contributed by atoms with E-state index in [9.17, 15) is 0 Å². The predicted molar refractivity (Wildman–Crippen MR) is 137 cm³/mol. The second-order valence-electron chi connectivity index (χ2n) is 8.63. The van der Waals surface area contributed by atoms with E-state index in [0.717, 1.165) is 0 Å². The summed E-state index contributed by atoms with van der Waals surface area (Å²) in [5.74, 6) is 2.36. The Morgan fingerprint density at radius 3 is 1.55 bits per heavy atom. The fourth-order valence-electron chi connectivity index (χ4n) is 4.93. The third-order valence-electron chi connectivity index (χ3n) is 6.66. The van der Waals surface area contributed by atoms with Gasteiger partial charge in [0.2, 0.25) is 0 Å². The van der Waals surface area contributed by atoms with Gasteiger partial charge in [0.25, 0.3) is 0 Å². The van der Waals surface area contributed by atoms with Crippen molar-refractivity contribution in [3.05, 3.63) is 156 Å². The van der Waals surface area contributed by atoms with Crippen LogP contribution < -0.4 is 4.47 Å². The Morgan fingerprint density at radius 1 is 0.576 bits per heavy atom. The molecule has 0 aliphatic heterocycles. The van der Waals surface area contributed by atoms with Gasteiger partial charge >= 0.3 is 197 Å². The van der Waals surface area contributed by atoms with Gasteiger partial charge in [0, 0.05) is 0 Å². The monoisotopic (exact) mass is 424 g/mol. The van der Waals surface area contributed by atoms with Gasteiger partial charge in [0.05, 0.1) is 0 Å². The number of benzene rings is 4. The van der Waals surface area contributed by atoms with Crippen LogP contribution in [0.4, 0.5) is 0 Å². The van der Waals surface area contributed by atoms with E-state index in [1.54, 1.807) is 0 Å². The molecule has 0 amide bonds. The Labute approximate surface area is 197 Å². The van der Waals surface area contributed by atoms with Crippen LogP contribution in [0.3, 0.4) is 0 Å². The summed E-state index contributed by atoms with van der Waals surface area (Å²) >= 11 is 0. The Kier molecular flexibility index (Phi) is 6.00. The molecular weight excluding hydrogens is 397 g/mol. The minimum absolute atomic E-state index is 0.134. The molecule has 4 aromatic carbocycles. The van der Waals surface area contributed by atoms with E-state index in [0.29, 0.717) is 0 Å². The number of hydrogen-bond donors (Lipinski definition) is 0. The molecule has 0 radical (unpaired) electrons. The molecule has 0 fully saturated rings. The molecule has 5 rings (SSSR count). The van der Waals surface area contributed by atoms with Crippen molar-refractivity contribution in [1.29, 1.82) is 0 Å². The maximum atomic E-state index is 2.37. The van der Waals surface area contributed by atoms with Crippen LogP contribution in [-0.4, -0.2) is 7.05 Å². The predicted octanol–water partition coefficient (Wildman–Crippen LogP) is 6.57. The van der Waals surface area contributed by atoms with Gasteiger partial charge in [0.1, 0.15) is 0 Å². The Balaban J connectivity index is 1.71. The van der Waals surface area contributed by atoms with Crippen molar-refractivity contribution in [3.8, 4) is 11.1 Å². The van der Waals surface area contributed by atoms with E-state index in [2.05, 4.69) is 158 Å². The molecule has 158 valence electrons. The summed E-state index contributed by atoms with van der Waals surface area (Å²) in [7, 11) is 2.23. The first-order chi connectivity index (χ1) is 16.3. The summed E-state index contributed by atoms with van der Waals surface area (Å²) in [6.45, 7) is 2.36. The zero-order valence-corrected chi connectivity index (χ0v) is 18.9.